The molecule has 1 aromatic rings. The average Bonchev–Trinajstić information content (AvgIpc) is 2.51. The van der Waals surface area contributed by atoms with E-state index in [4.69, 9.17) is 21.1 Å². The Labute approximate surface area is 151 Å². The quantitative estimate of drug-likeness (QED) is 0.245. The molecule has 144 valence electrons. The summed E-state index contributed by atoms with van der Waals surface area (Å²) in [5.74, 6) is -0.808. The topological polar surface area (TPSA) is 103 Å². The number of hydrazone groups is 1. The fourth-order valence-corrected chi connectivity index (χ4v) is 2.04. The Hall–Kier alpha value is -2.56. The molecule has 0 saturated heterocycles. The van der Waals surface area contributed by atoms with Crippen molar-refractivity contribution in [2.24, 2.45) is 5.10 Å². The summed E-state index contributed by atoms with van der Waals surface area (Å²) in [5.41, 5.74) is -0.427. The molecular formula is C14H15ClF3N3O5. The Morgan fingerprint density at radius 1 is 1.31 bits per heavy atom. The molecule has 8 nitrogen and oxygen atoms in total. The van der Waals surface area contributed by atoms with Crippen molar-refractivity contribution in [3.05, 3.63) is 32.8 Å². The molecule has 0 amide bonds. The lowest BCUT2D eigenvalue weighted by molar-refractivity contribution is -0.384. The highest BCUT2D eigenvalue weighted by Gasteiger charge is 2.36. The lowest BCUT2D eigenvalue weighted by Crippen LogP contribution is -2.16. The van der Waals surface area contributed by atoms with Gasteiger partial charge in [0.15, 0.2) is 0 Å². The third-order valence-electron chi connectivity index (χ3n) is 2.80. The molecule has 1 rings (SSSR count). The van der Waals surface area contributed by atoms with Crippen molar-refractivity contribution in [3.8, 4) is 0 Å². The van der Waals surface area contributed by atoms with E-state index in [9.17, 15) is 28.1 Å². The van der Waals surface area contributed by atoms with Crippen LogP contribution in [0.4, 0.5) is 24.5 Å². The van der Waals surface area contributed by atoms with Crippen LogP contribution in [0.2, 0.25) is 5.02 Å². The van der Waals surface area contributed by atoms with E-state index in [1.165, 1.54) is 0 Å². The zero-order chi connectivity index (χ0) is 19.9. The molecule has 0 unspecified atom stereocenters. The van der Waals surface area contributed by atoms with Crippen LogP contribution in [0.3, 0.4) is 0 Å². The Kier molecular flexibility index (Phi) is 7.62. The van der Waals surface area contributed by atoms with Gasteiger partial charge in [-0.3, -0.25) is 20.3 Å². The van der Waals surface area contributed by atoms with Gasteiger partial charge in [-0.1, -0.05) is 11.6 Å². The summed E-state index contributed by atoms with van der Waals surface area (Å²) in [6.45, 7) is 3.47. The minimum absolute atomic E-state index is 0.131. The summed E-state index contributed by atoms with van der Waals surface area (Å²) in [7, 11) is 0. The number of benzene rings is 1. The number of ether oxygens (including phenoxy) is 2. The first-order chi connectivity index (χ1) is 12.1. The van der Waals surface area contributed by atoms with E-state index in [1.807, 2.05) is 0 Å². The zero-order valence-electron chi connectivity index (χ0n) is 13.7. The minimum atomic E-state index is -4.86. The average molecular weight is 398 g/mol. The highest BCUT2D eigenvalue weighted by Crippen LogP contribution is 2.40. The molecule has 26 heavy (non-hydrogen) atoms. The van der Waals surface area contributed by atoms with Gasteiger partial charge in [-0.25, -0.2) is 0 Å². The third-order valence-corrected chi connectivity index (χ3v) is 3.11. The second kappa shape index (κ2) is 9.22. The number of nitrogens with one attached hydrogen (secondary N) is 1. The molecule has 0 radical (unpaired) electrons. The number of hydrogen-bond donors (Lipinski definition) is 1. The van der Waals surface area contributed by atoms with Crippen molar-refractivity contribution >= 4 is 34.8 Å². The van der Waals surface area contributed by atoms with Gasteiger partial charge in [0.25, 0.3) is 5.69 Å². The number of nitrogens with zero attached hydrogens (tertiary/aromatic N) is 2. The summed E-state index contributed by atoms with van der Waals surface area (Å²) in [5, 5.41) is 14.0. The first kappa shape index (κ1) is 21.5. The Balaban J connectivity index is 3.18. The Bertz CT molecular complexity index is 710. The van der Waals surface area contributed by atoms with E-state index >= 15 is 0 Å². The smallest absolute Gasteiger partial charge is 0.418 e. The van der Waals surface area contributed by atoms with Crippen LogP contribution in [0.25, 0.3) is 0 Å². The highest BCUT2D eigenvalue weighted by molar-refractivity contribution is 6.31. The van der Waals surface area contributed by atoms with Crippen LogP contribution >= 0.6 is 11.6 Å². The number of hydrogen-bond acceptors (Lipinski definition) is 7. The minimum Gasteiger partial charge on any atom is -0.480 e. The van der Waals surface area contributed by atoms with Gasteiger partial charge in [0.1, 0.15) is 12.1 Å². The monoisotopic (exact) mass is 397 g/mol. The SMILES string of the molecule is CCOC(=O)C/C(=N/Nc1cc(Cl)c(C(F)(F)F)cc1[N+](=O)[O-])OCC. The molecule has 0 aliphatic rings. The van der Waals surface area contributed by atoms with E-state index in [0.29, 0.717) is 6.07 Å². The van der Waals surface area contributed by atoms with Crippen molar-refractivity contribution in [1.29, 1.82) is 0 Å². The fraction of sp³-hybridized carbons (Fsp3) is 0.429. The van der Waals surface area contributed by atoms with E-state index < -0.39 is 39.0 Å². The van der Waals surface area contributed by atoms with Crippen LogP contribution < -0.4 is 5.43 Å². The molecule has 0 aliphatic heterocycles. The van der Waals surface area contributed by atoms with E-state index in [0.717, 1.165) is 6.07 Å². The second-order valence-electron chi connectivity index (χ2n) is 4.64. The molecule has 0 heterocycles. The lowest BCUT2D eigenvalue weighted by atomic mass is 10.1. The van der Waals surface area contributed by atoms with Gasteiger partial charge >= 0.3 is 12.1 Å². The van der Waals surface area contributed by atoms with E-state index in [1.54, 1.807) is 13.8 Å². The zero-order valence-corrected chi connectivity index (χ0v) is 14.5. The largest absolute Gasteiger partial charge is 0.480 e. The number of esters is 1. The van der Waals surface area contributed by atoms with E-state index in [-0.39, 0.29) is 25.5 Å². The number of nitro groups is 1. The molecule has 0 atom stereocenters. The predicted octanol–water partition coefficient (Wildman–Crippen LogP) is 3.98. The lowest BCUT2D eigenvalue weighted by Gasteiger charge is -2.12. The van der Waals surface area contributed by atoms with E-state index in [2.05, 4.69) is 10.5 Å². The Morgan fingerprint density at radius 3 is 2.42 bits per heavy atom. The maximum Gasteiger partial charge on any atom is 0.418 e. The second-order valence-corrected chi connectivity index (χ2v) is 5.04. The molecule has 0 aromatic heterocycles. The molecule has 0 bridgehead atoms. The van der Waals surface area contributed by atoms with Crippen LogP contribution in [0.1, 0.15) is 25.8 Å². The number of halogens is 4. The van der Waals surface area contributed by atoms with Gasteiger partial charge in [-0.2, -0.15) is 13.2 Å². The molecular weight excluding hydrogens is 383 g/mol. The molecule has 0 spiro atoms. The Morgan fingerprint density at radius 2 is 1.92 bits per heavy atom. The standard InChI is InChI=1S/C14H15ClF3N3O5/c1-3-25-12(7-13(22)26-4-2)20-19-10-6-9(15)8(14(16,17)18)5-11(10)21(23)24/h5-6,19H,3-4,7H2,1-2H3/b20-12-. The van der Waals surface area contributed by atoms with Gasteiger partial charge in [-0.05, 0) is 19.9 Å². The van der Waals surface area contributed by atoms with Crippen molar-refractivity contribution in [3.63, 3.8) is 0 Å². The van der Waals surface area contributed by atoms with Gasteiger partial charge in [0, 0.05) is 6.07 Å². The summed E-state index contributed by atoms with van der Waals surface area (Å²) in [6, 6.07) is 1.02. The molecule has 1 aromatic carbocycles. The number of nitro benzene ring substituents is 1. The van der Waals surface area contributed by atoms with Gasteiger partial charge < -0.3 is 9.47 Å². The predicted molar refractivity (Wildman–Crippen MR) is 87.0 cm³/mol. The molecule has 0 fully saturated rings. The fourth-order valence-electron chi connectivity index (χ4n) is 1.77. The number of carbonyl (C=O) groups excluding carboxylic acids is 1. The van der Waals surface area contributed by atoms with Crippen LogP contribution in [-0.4, -0.2) is 30.0 Å². The summed E-state index contributed by atoms with van der Waals surface area (Å²) in [6.07, 6.45) is -5.22. The van der Waals surface area contributed by atoms with Gasteiger partial charge in [0.2, 0.25) is 5.90 Å². The van der Waals surface area contributed by atoms with Gasteiger partial charge in [-0.15, -0.1) is 5.10 Å². The van der Waals surface area contributed by atoms with Crippen LogP contribution in [-0.2, 0) is 20.4 Å². The summed E-state index contributed by atoms with van der Waals surface area (Å²) < 4.78 is 48.3. The van der Waals surface area contributed by atoms with Crippen molar-refractivity contribution in [2.45, 2.75) is 26.4 Å². The number of anilines is 1. The number of carbonyl (C=O) groups is 1. The third kappa shape index (κ3) is 6.06. The number of rotatable bonds is 7. The molecule has 12 heteroatoms. The summed E-state index contributed by atoms with van der Waals surface area (Å²) >= 11 is 5.56. The maximum absolute atomic E-state index is 12.8. The van der Waals surface area contributed by atoms with Gasteiger partial charge in [0.05, 0.1) is 28.7 Å². The van der Waals surface area contributed by atoms with Crippen molar-refractivity contribution < 1.29 is 32.4 Å². The molecule has 1 N–H and O–H groups in total. The van der Waals surface area contributed by atoms with Crippen LogP contribution in [0.5, 0.6) is 0 Å². The first-order valence-electron chi connectivity index (χ1n) is 7.26. The summed E-state index contributed by atoms with van der Waals surface area (Å²) in [4.78, 5) is 21.5. The molecule has 0 saturated carbocycles. The van der Waals surface area contributed by atoms with Crippen LogP contribution in [0.15, 0.2) is 17.2 Å². The normalized spacial score (nSPS) is 11.8. The van der Waals surface area contributed by atoms with Crippen LogP contribution in [0, 0.1) is 10.1 Å². The highest BCUT2D eigenvalue weighted by atomic mass is 35.5. The van der Waals surface area contributed by atoms with Crippen molar-refractivity contribution in [2.75, 3.05) is 18.6 Å². The maximum atomic E-state index is 12.8. The first-order valence-corrected chi connectivity index (χ1v) is 7.64. The van der Waals surface area contributed by atoms with Crippen molar-refractivity contribution in [1.82, 2.24) is 0 Å². The molecule has 0 aliphatic carbocycles. The number of alkyl halides is 3.